The van der Waals surface area contributed by atoms with E-state index in [1.807, 2.05) is 0 Å². The van der Waals surface area contributed by atoms with Gasteiger partial charge in [-0.25, -0.2) is 0 Å². The van der Waals surface area contributed by atoms with Crippen LogP contribution in [-0.4, -0.2) is 12.3 Å². The third kappa shape index (κ3) is 2.35. The SMILES string of the molecule is CC(C)(CN)C(C)(C)CC(=O)C1CC1. The number of nitrogens with two attached hydrogens (primary N) is 1. The van der Waals surface area contributed by atoms with Gasteiger partial charge >= 0.3 is 0 Å². The molecular weight excluding hydrogens is 174 g/mol. The predicted molar refractivity (Wildman–Crippen MR) is 59.0 cm³/mol. The molecule has 0 atom stereocenters. The molecule has 1 saturated carbocycles. The van der Waals surface area contributed by atoms with Crippen LogP contribution in [0.4, 0.5) is 0 Å². The lowest BCUT2D eigenvalue weighted by molar-refractivity contribution is -0.123. The lowest BCUT2D eigenvalue weighted by Crippen LogP contribution is -2.40. The molecule has 82 valence electrons. The van der Waals surface area contributed by atoms with Crippen LogP contribution in [-0.2, 0) is 4.79 Å². The molecule has 2 nitrogen and oxygen atoms in total. The van der Waals surface area contributed by atoms with E-state index in [-0.39, 0.29) is 10.8 Å². The number of Topliss-reactive ketones (excluding diaryl/α,β-unsaturated/α-hetero) is 1. The molecule has 14 heavy (non-hydrogen) atoms. The monoisotopic (exact) mass is 197 g/mol. The van der Waals surface area contributed by atoms with Crippen LogP contribution in [0.1, 0.15) is 47.0 Å². The van der Waals surface area contributed by atoms with Gasteiger partial charge in [-0.1, -0.05) is 27.7 Å². The van der Waals surface area contributed by atoms with Gasteiger partial charge in [-0.3, -0.25) is 4.79 Å². The van der Waals surface area contributed by atoms with Gasteiger partial charge in [0.1, 0.15) is 5.78 Å². The van der Waals surface area contributed by atoms with Crippen molar-refractivity contribution in [3.63, 3.8) is 0 Å². The van der Waals surface area contributed by atoms with Crippen LogP contribution in [0.2, 0.25) is 0 Å². The van der Waals surface area contributed by atoms with E-state index in [1.54, 1.807) is 0 Å². The van der Waals surface area contributed by atoms with Crippen molar-refractivity contribution in [2.24, 2.45) is 22.5 Å². The van der Waals surface area contributed by atoms with Crippen LogP contribution in [0.15, 0.2) is 0 Å². The standard InChI is InChI=1S/C12H23NO/c1-11(2,12(3,4)8-13)7-10(14)9-5-6-9/h9H,5-8,13H2,1-4H3. The number of carbonyl (C=O) groups is 1. The third-order valence-electron chi connectivity index (χ3n) is 3.99. The fourth-order valence-corrected chi connectivity index (χ4v) is 1.50. The largest absolute Gasteiger partial charge is 0.330 e. The summed E-state index contributed by atoms with van der Waals surface area (Å²) in [5.74, 6) is 0.819. The topological polar surface area (TPSA) is 43.1 Å². The number of hydrogen-bond acceptors (Lipinski definition) is 2. The van der Waals surface area contributed by atoms with Crippen molar-refractivity contribution < 1.29 is 4.79 Å². The van der Waals surface area contributed by atoms with Crippen LogP contribution < -0.4 is 5.73 Å². The highest BCUT2D eigenvalue weighted by molar-refractivity contribution is 5.83. The van der Waals surface area contributed by atoms with E-state index in [0.29, 0.717) is 24.7 Å². The molecular formula is C12H23NO. The summed E-state index contributed by atoms with van der Waals surface area (Å²) < 4.78 is 0. The van der Waals surface area contributed by atoms with Crippen LogP contribution in [0.3, 0.4) is 0 Å². The molecule has 1 aliphatic rings. The lowest BCUT2D eigenvalue weighted by Gasteiger charge is -2.40. The maximum Gasteiger partial charge on any atom is 0.136 e. The summed E-state index contributed by atoms with van der Waals surface area (Å²) in [7, 11) is 0. The maximum atomic E-state index is 11.7. The maximum absolute atomic E-state index is 11.7. The molecule has 0 heterocycles. The van der Waals surface area contributed by atoms with E-state index < -0.39 is 0 Å². The second-order valence-electron chi connectivity index (χ2n) is 5.89. The van der Waals surface area contributed by atoms with Gasteiger partial charge in [0.2, 0.25) is 0 Å². The molecule has 2 N–H and O–H groups in total. The Bertz CT molecular complexity index is 226. The Hall–Kier alpha value is -0.370. The summed E-state index contributed by atoms with van der Waals surface area (Å²) in [5, 5.41) is 0. The Morgan fingerprint density at radius 3 is 2.07 bits per heavy atom. The minimum Gasteiger partial charge on any atom is -0.330 e. The van der Waals surface area contributed by atoms with Crippen LogP contribution in [0.25, 0.3) is 0 Å². The van der Waals surface area contributed by atoms with E-state index in [9.17, 15) is 4.79 Å². The second-order valence-corrected chi connectivity index (χ2v) is 5.89. The molecule has 0 aromatic heterocycles. The molecule has 0 aliphatic heterocycles. The van der Waals surface area contributed by atoms with Gasteiger partial charge in [-0.05, 0) is 30.2 Å². The molecule has 2 heteroatoms. The molecule has 0 bridgehead atoms. The molecule has 0 spiro atoms. The van der Waals surface area contributed by atoms with Crippen molar-refractivity contribution in [2.45, 2.75) is 47.0 Å². The summed E-state index contributed by atoms with van der Waals surface area (Å²) in [6, 6.07) is 0. The first-order valence-corrected chi connectivity index (χ1v) is 5.53. The van der Waals surface area contributed by atoms with E-state index >= 15 is 0 Å². The van der Waals surface area contributed by atoms with Crippen LogP contribution in [0, 0.1) is 16.7 Å². The normalized spacial score (nSPS) is 18.4. The lowest BCUT2D eigenvalue weighted by atomic mass is 9.65. The molecule has 0 aromatic carbocycles. The number of ketones is 1. The van der Waals surface area contributed by atoms with Gasteiger partial charge in [0.15, 0.2) is 0 Å². The molecule has 0 saturated heterocycles. The number of rotatable bonds is 5. The van der Waals surface area contributed by atoms with Gasteiger partial charge in [0.05, 0.1) is 0 Å². The molecule has 0 radical (unpaired) electrons. The van der Waals surface area contributed by atoms with Crippen molar-refractivity contribution in [3.05, 3.63) is 0 Å². The number of hydrogen-bond donors (Lipinski definition) is 1. The fourth-order valence-electron chi connectivity index (χ4n) is 1.50. The summed E-state index contributed by atoms with van der Waals surface area (Å²) in [6.45, 7) is 9.23. The fraction of sp³-hybridized carbons (Fsp3) is 0.917. The first-order chi connectivity index (χ1) is 6.30. The molecule has 1 fully saturated rings. The molecule has 1 aliphatic carbocycles. The van der Waals surface area contributed by atoms with Crippen LogP contribution in [0.5, 0.6) is 0 Å². The van der Waals surface area contributed by atoms with Gasteiger partial charge < -0.3 is 5.73 Å². The first kappa shape index (κ1) is 11.7. The summed E-state index contributed by atoms with van der Waals surface area (Å²) in [5.41, 5.74) is 5.80. The Kier molecular flexibility index (Phi) is 3.05. The summed E-state index contributed by atoms with van der Waals surface area (Å²) in [6.07, 6.45) is 2.90. The van der Waals surface area contributed by atoms with E-state index in [4.69, 9.17) is 5.73 Å². The van der Waals surface area contributed by atoms with E-state index in [0.717, 1.165) is 12.8 Å². The van der Waals surface area contributed by atoms with Gasteiger partial charge in [-0.15, -0.1) is 0 Å². The second kappa shape index (κ2) is 3.65. The third-order valence-corrected chi connectivity index (χ3v) is 3.99. The van der Waals surface area contributed by atoms with Crippen molar-refractivity contribution in [2.75, 3.05) is 6.54 Å². The molecule has 0 unspecified atom stereocenters. The Morgan fingerprint density at radius 1 is 1.21 bits per heavy atom. The zero-order valence-corrected chi connectivity index (χ0v) is 9.89. The quantitative estimate of drug-likeness (QED) is 0.735. The average Bonchev–Trinajstić information content (AvgIpc) is 2.85. The summed E-state index contributed by atoms with van der Waals surface area (Å²) in [4.78, 5) is 11.7. The van der Waals surface area contributed by atoms with Crippen molar-refractivity contribution in [1.82, 2.24) is 0 Å². The first-order valence-electron chi connectivity index (χ1n) is 5.53. The zero-order valence-electron chi connectivity index (χ0n) is 9.89. The van der Waals surface area contributed by atoms with Gasteiger partial charge in [0, 0.05) is 12.3 Å². The van der Waals surface area contributed by atoms with Crippen molar-refractivity contribution in [1.29, 1.82) is 0 Å². The van der Waals surface area contributed by atoms with Crippen molar-refractivity contribution >= 4 is 5.78 Å². The minimum atomic E-state index is 0.0153. The number of carbonyl (C=O) groups excluding carboxylic acids is 1. The Labute approximate surface area is 87.2 Å². The molecule has 0 aromatic rings. The van der Waals surface area contributed by atoms with Gasteiger partial charge in [0.25, 0.3) is 0 Å². The van der Waals surface area contributed by atoms with E-state index in [1.165, 1.54) is 0 Å². The average molecular weight is 197 g/mol. The van der Waals surface area contributed by atoms with E-state index in [2.05, 4.69) is 27.7 Å². The Morgan fingerprint density at radius 2 is 1.71 bits per heavy atom. The minimum absolute atomic E-state index is 0.0153. The highest BCUT2D eigenvalue weighted by Gasteiger charge is 2.40. The molecule has 1 rings (SSSR count). The predicted octanol–water partition coefficient (Wildman–Crippen LogP) is 2.37. The van der Waals surface area contributed by atoms with Gasteiger partial charge in [-0.2, -0.15) is 0 Å². The van der Waals surface area contributed by atoms with Crippen LogP contribution >= 0.6 is 0 Å². The van der Waals surface area contributed by atoms with Crippen molar-refractivity contribution in [3.8, 4) is 0 Å². The smallest absolute Gasteiger partial charge is 0.136 e. The highest BCUT2D eigenvalue weighted by atomic mass is 16.1. The zero-order chi connectivity index (χ0) is 11.0. The summed E-state index contributed by atoms with van der Waals surface area (Å²) >= 11 is 0. The Balaban J connectivity index is 2.59. The highest BCUT2D eigenvalue weighted by Crippen LogP contribution is 2.43. The molecule has 0 amide bonds.